The van der Waals surface area contributed by atoms with Gasteiger partial charge in [0.25, 0.3) is 0 Å². The first-order valence-corrected chi connectivity index (χ1v) is 28.2. The van der Waals surface area contributed by atoms with Crippen LogP contribution in [0.5, 0.6) is 0 Å². The highest BCUT2D eigenvalue weighted by Gasteiger charge is 2.39. The van der Waals surface area contributed by atoms with Crippen LogP contribution in [0.4, 0.5) is 0 Å². The molecule has 0 aromatic carbocycles. The van der Waals surface area contributed by atoms with Gasteiger partial charge in [-0.2, -0.15) is 0 Å². The summed E-state index contributed by atoms with van der Waals surface area (Å²) in [5, 5.41) is 41.2. The van der Waals surface area contributed by atoms with Crippen molar-refractivity contribution in [3.05, 3.63) is 24.3 Å². The van der Waals surface area contributed by atoms with Crippen LogP contribution in [-0.2, 0) is 41.8 Å². The third-order valence-electron chi connectivity index (χ3n) is 11.8. The Morgan fingerprint density at radius 3 is 1.74 bits per heavy atom. The van der Waals surface area contributed by atoms with Gasteiger partial charge in [0.05, 0.1) is 38.1 Å². The molecule has 0 radical (unpaired) electrons. The first kappa shape index (κ1) is 62.5. The topological polar surface area (TPSA) is 256 Å². The maximum atomic E-state index is 12.8. The molecule has 0 heterocycles. The fourth-order valence-corrected chi connectivity index (χ4v) is 9.10. The molecule has 0 spiro atoms. The van der Waals surface area contributed by atoms with Crippen molar-refractivity contribution in [3.8, 4) is 0 Å². The summed E-state index contributed by atoms with van der Waals surface area (Å²) in [4.78, 5) is 53.1. The van der Waals surface area contributed by atoms with Gasteiger partial charge in [0, 0.05) is 25.2 Å². The van der Waals surface area contributed by atoms with E-state index < -0.39 is 84.5 Å². The van der Waals surface area contributed by atoms with E-state index in [4.69, 9.17) is 28.3 Å². The number of hydrogen-bond acceptors (Lipinski definition) is 13. The lowest BCUT2D eigenvalue weighted by Gasteiger charge is -2.20. The average molecular weight is 985 g/mol. The number of carbonyl (C=O) groups excluding carboxylic acids is 2. The molecule has 0 aromatic rings. The maximum absolute atomic E-state index is 12.8. The minimum Gasteiger partial charge on any atom is -0.462 e. The SMILES string of the molecule is CCCCC[C@H](O)/C=C/[C@@H]1[C@@H](C/C=C/CCCC(=O)O[C@H](COC(=O)CCCCCCCCCCCCCCCCCCC(C)C)COP(=O)(O)OC[C@@H](O)COP(=O)(O)O)[C@@H](O)C[C@H]1O. The van der Waals surface area contributed by atoms with Gasteiger partial charge in [0.15, 0.2) is 6.10 Å². The van der Waals surface area contributed by atoms with Crippen molar-refractivity contribution in [3.63, 3.8) is 0 Å². The Labute approximate surface area is 396 Å². The van der Waals surface area contributed by atoms with Crippen molar-refractivity contribution in [1.82, 2.24) is 0 Å². The number of unbranched alkanes of at least 4 members (excludes halogenated alkanes) is 18. The lowest BCUT2D eigenvalue weighted by Crippen LogP contribution is -2.29. The van der Waals surface area contributed by atoms with Crippen LogP contribution in [-0.4, -0.2) is 104 Å². The predicted molar refractivity (Wildman–Crippen MR) is 255 cm³/mol. The van der Waals surface area contributed by atoms with Crippen LogP contribution >= 0.6 is 15.6 Å². The average Bonchev–Trinajstić information content (AvgIpc) is 3.53. The number of ether oxygens (including phenoxy) is 2. The van der Waals surface area contributed by atoms with E-state index in [0.29, 0.717) is 32.1 Å². The fraction of sp³-hybridized carbons (Fsp3) is 0.875. The van der Waals surface area contributed by atoms with Gasteiger partial charge in [-0.3, -0.25) is 23.2 Å². The monoisotopic (exact) mass is 985 g/mol. The van der Waals surface area contributed by atoms with Crippen molar-refractivity contribution >= 4 is 27.6 Å². The summed E-state index contributed by atoms with van der Waals surface area (Å²) in [7, 11) is -9.78. The van der Waals surface area contributed by atoms with Crippen molar-refractivity contribution in [1.29, 1.82) is 0 Å². The molecule has 0 aliphatic heterocycles. The number of aliphatic hydroxyl groups is 4. The number of rotatable bonds is 43. The van der Waals surface area contributed by atoms with Gasteiger partial charge in [-0.1, -0.05) is 167 Å². The summed E-state index contributed by atoms with van der Waals surface area (Å²) >= 11 is 0. The number of allylic oxidation sites excluding steroid dienone is 2. The van der Waals surface area contributed by atoms with Gasteiger partial charge < -0.3 is 44.6 Å². The summed E-state index contributed by atoms with van der Waals surface area (Å²) in [5.41, 5.74) is 0. The standard InChI is InChI=1S/C48H90O16P2/c1-4-5-22-28-40(49)32-33-44-43(45(51)34-46(44)52)29-24-20-21-26-31-48(54)64-42(38-63-66(58,59)62-36-41(50)35-61-65(55,56)57)37-60-47(53)30-25-19-17-15-13-11-9-7-6-8-10-12-14-16-18-23-27-39(2)3/h20,24,32-33,39-46,49-52H,4-19,21-23,25-31,34-38H2,1-3H3,(H,58,59)(H2,55,56,57)/b24-20+,33-32+/t40-,41-,42+,43+,44+,45-,46+/m0/s1. The third kappa shape index (κ3) is 35.6. The normalized spacial score (nSPS) is 20.3. The lowest BCUT2D eigenvalue weighted by atomic mass is 9.89. The first-order chi connectivity index (χ1) is 31.4. The Hall–Kier alpha value is -1.52. The Kier molecular flexibility index (Phi) is 36.2. The van der Waals surface area contributed by atoms with E-state index in [-0.39, 0.29) is 31.1 Å². The minimum absolute atomic E-state index is 0.0429. The third-order valence-corrected chi connectivity index (χ3v) is 13.3. The molecule has 0 saturated heterocycles. The summed E-state index contributed by atoms with van der Waals surface area (Å²) in [5.74, 6) is -0.914. The van der Waals surface area contributed by atoms with Gasteiger partial charge in [-0.25, -0.2) is 9.13 Å². The molecule has 1 aliphatic carbocycles. The largest absolute Gasteiger partial charge is 0.472 e. The minimum atomic E-state index is -4.90. The van der Waals surface area contributed by atoms with E-state index in [1.807, 2.05) is 18.2 Å². The molecule has 1 aliphatic rings. The highest BCUT2D eigenvalue weighted by Crippen LogP contribution is 2.44. The second kappa shape index (κ2) is 38.3. The molecule has 0 amide bonds. The molecule has 0 bridgehead atoms. The predicted octanol–water partition coefficient (Wildman–Crippen LogP) is 9.69. The Bertz CT molecular complexity index is 1390. The number of aliphatic hydroxyl groups excluding tert-OH is 4. The summed E-state index contributed by atoms with van der Waals surface area (Å²) in [6.07, 6.45) is 28.3. The van der Waals surface area contributed by atoms with Crippen LogP contribution in [0.2, 0.25) is 0 Å². The van der Waals surface area contributed by atoms with Gasteiger partial charge in [-0.05, 0) is 43.9 Å². The summed E-state index contributed by atoms with van der Waals surface area (Å²) in [6.45, 7) is 3.75. The zero-order chi connectivity index (χ0) is 49.1. The molecule has 8 atom stereocenters. The zero-order valence-electron chi connectivity index (χ0n) is 40.5. The number of phosphoric ester groups is 2. The number of carbonyl (C=O) groups is 2. The first-order valence-electron chi connectivity index (χ1n) is 25.1. The van der Waals surface area contributed by atoms with Crippen molar-refractivity contribution in [2.75, 3.05) is 26.4 Å². The van der Waals surface area contributed by atoms with Crippen LogP contribution in [0.1, 0.15) is 194 Å². The van der Waals surface area contributed by atoms with E-state index in [0.717, 1.165) is 44.4 Å². The molecule has 7 N–H and O–H groups in total. The highest BCUT2D eigenvalue weighted by molar-refractivity contribution is 7.47. The molecular weight excluding hydrogens is 894 g/mol. The number of hydrogen-bond donors (Lipinski definition) is 7. The lowest BCUT2D eigenvalue weighted by molar-refractivity contribution is -0.161. The number of phosphoric acid groups is 2. The van der Waals surface area contributed by atoms with Crippen LogP contribution in [0.15, 0.2) is 24.3 Å². The second-order valence-electron chi connectivity index (χ2n) is 18.5. The van der Waals surface area contributed by atoms with Gasteiger partial charge in [-0.15, -0.1) is 0 Å². The highest BCUT2D eigenvalue weighted by atomic mass is 31.2. The summed E-state index contributed by atoms with van der Waals surface area (Å²) in [6, 6.07) is 0. The Morgan fingerprint density at radius 1 is 0.636 bits per heavy atom. The second-order valence-corrected chi connectivity index (χ2v) is 21.2. The molecule has 388 valence electrons. The van der Waals surface area contributed by atoms with Crippen LogP contribution in [0, 0.1) is 17.8 Å². The van der Waals surface area contributed by atoms with Crippen molar-refractivity contribution in [2.24, 2.45) is 17.8 Å². The zero-order valence-corrected chi connectivity index (χ0v) is 42.3. The molecule has 1 rings (SSSR count). The van der Waals surface area contributed by atoms with E-state index in [1.165, 1.54) is 83.5 Å². The number of esters is 2. The Balaban J connectivity index is 2.49. The molecule has 66 heavy (non-hydrogen) atoms. The molecule has 16 nitrogen and oxygen atoms in total. The molecule has 1 saturated carbocycles. The van der Waals surface area contributed by atoms with Crippen LogP contribution < -0.4 is 0 Å². The molecule has 0 aromatic heterocycles. The van der Waals surface area contributed by atoms with Gasteiger partial charge >= 0.3 is 27.6 Å². The van der Waals surface area contributed by atoms with Crippen LogP contribution in [0.25, 0.3) is 0 Å². The van der Waals surface area contributed by atoms with E-state index in [2.05, 4.69) is 25.3 Å². The quantitative estimate of drug-likeness (QED) is 0.0130. The Morgan fingerprint density at radius 2 is 1.17 bits per heavy atom. The smallest absolute Gasteiger partial charge is 0.462 e. The van der Waals surface area contributed by atoms with E-state index in [1.54, 1.807) is 6.08 Å². The molecule has 1 unspecified atom stereocenters. The van der Waals surface area contributed by atoms with Crippen molar-refractivity contribution in [2.45, 2.75) is 225 Å². The van der Waals surface area contributed by atoms with Gasteiger partial charge in [0.1, 0.15) is 12.7 Å². The molecule has 18 heteroatoms. The fourth-order valence-electron chi connectivity index (χ4n) is 7.94. The maximum Gasteiger partial charge on any atom is 0.472 e. The van der Waals surface area contributed by atoms with Gasteiger partial charge in [0.2, 0.25) is 0 Å². The van der Waals surface area contributed by atoms with E-state index >= 15 is 0 Å². The van der Waals surface area contributed by atoms with Crippen molar-refractivity contribution < 1.29 is 76.9 Å². The summed E-state index contributed by atoms with van der Waals surface area (Å²) < 4.78 is 47.9. The molecule has 1 fully saturated rings. The van der Waals surface area contributed by atoms with E-state index in [9.17, 15) is 44.0 Å². The van der Waals surface area contributed by atoms with Crippen LogP contribution in [0.3, 0.4) is 0 Å². The molecular formula is C48H90O16P2.